The molecule has 2 aromatic carbocycles. The third-order valence-corrected chi connectivity index (χ3v) is 4.86. The number of amides is 2. The van der Waals surface area contributed by atoms with Crippen molar-refractivity contribution in [2.75, 3.05) is 31.5 Å². The minimum absolute atomic E-state index is 0.0283. The lowest BCUT2D eigenvalue weighted by atomic mass is 10.1. The minimum Gasteiger partial charge on any atom is -0.340 e. The summed E-state index contributed by atoms with van der Waals surface area (Å²) in [5.74, 6) is -0.524. The lowest BCUT2D eigenvalue weighted by Gasteiger charge is -2.34. The van der Waals surface area contributed by atoms with Crippen LogP contribution in [0.2, 0.25) is 0 Å². The Kier molecular flexibility index (Phi) is 6.55. The summed E-state index contributed by atoms with van der Waals surface area (Å²) in [6, 6.07) is 16.9. The zero-order valence-electron chi connectivity index (χ0n) is 16.1. The topological polar surface area (TPSA) is 69.7 Å². The van der Waals surface area contributed by atoms with Crippen LogP contribution in [0.25, 0.3) is 0 Å². The maximum Gasteiger partial charge on any atom is 0.233 e. The summed E-state index contributed by atoms with van der Waals surface area (Å²) >= 11 is 0. The zero-order valence-corrected chi connectivity index (χ0v) is 16.1. The van der Waals surface area contributed by atoms with Crippen LogP contribution in [-0.4, -0.2) is 53.6 Å². The van der Waals surface area contributed by atoms with Crippen molar-refractivity contribution in [2.45, 2.75) is 19.9 Å². The Bertz CT molecular complexity index is 826. The first-order valence-corrected chi connectivity index (χ1v) is 9.46. The van der Waals surface area contributed by atoms with Crippen molar-refractivity contribution < 1.29 is 14.4 Å². The molecule has 6 heteroatoms. The van der Waals surface area contributed by atoms with Crippen LogP contribution in [-0.2, 0) is 16.1 Å². The molecule has 0 aliphatic carbocycles. The number of Topliss-reactive ketones (excluding diaryl/α,β-unsaturated/α-hetero) is 1. The van der Waals surface area contributed by atoms with Gasteiger partial charge < -0.3 is 10.2 Å². The first-order valence-electron chi connectivity index (χ1n) is 9.46. The summed E-state index contributed by atoms with van der Waals surface area (Å²) in [7, 11) is 0. The monoisotopic (exact) mass is 379 g/mol. The van der Waals surface area contributed by atoms with Crippen molar-refractivity contribution >= 4 is 23.3 Å². The SMILES string of the molecule is CC(=O)c1ccc(NC(=O)CC(=O)N2CCN(Cc3ccccc3)CC2)cc1. The molecule has 1 aliphatic heterocycles. The second-order valence-corrected chi connectivity index (χ2v) is 7.00. The van der Waals surface area contributed by atoms with Gasteiger partial charge in [0.1, 0.15) is 6.42 Å². The fourth-order valence-corrected chi connectivity index (χ4v) is 3.24. The minimum atomic E-state index is -0.340. The molecule has 0 spiro atoms. The van der Waals surface area contributed by atoms with E-state index in [4.69, 9.17) is 0 Å². The number of anilines is 1. The molecule has 0 bridgehead atoms. The summed E-state index contributed by atoms with van der Waals surface area (Å²) in [4.78, 5) is 39.9. The van der Waals surface area contributed by atoms with Crippen molar-refractivity contribution in [1.82, 2.24) is 9.80 Å². The predicted octanol–water partition coefficient (Wildman–Crippen LogP) is 2.56. The summed E-state index contributed by atoms with van der Waals surface area (Å²) in [6.07, 6.45) is -0.173. The fourth-order valence-electron chi connectivity index (χ4n) is 3.24. The van der Waals surface area contributed by atoms with Gasteiger partial charge in [0.15, 0.2) is 5.78 Å². The van der Waals surface area contributed by atoms with Crippen LogP contribution in [0.3, 0.4) is 0 Å². The number of benzene rings is 2. The number of nitrogens with zero attached hydrogens (tertiary/aromatic N) is 2. The summed E-state index contributed by atoms with van der Waals surface area (Å²) in [6.45, 7) is 5.23. The fraction of sp³-hybridized carbons (Fsp3) is 0.318. The van der Waals surface area contributed by atoms with Gasteiger partial charge in [-0.25, -0.2) is 0 Å². The highest BCUT2D eigenvalue weighted by molar-refractivity contribution is 6.03. The molecule has 0 unspecified atom stereocenters. The molecule has 2 amide bonds. The molecule has 3 rings (SSSR count). The van der Waals surface area contributed by atoms with Crippen LogP contribution >= 0.6 is 0 Å². The van der Waals surface area contributed by atoms with Gasteiger partial charge in [-0.1, -0.05) is 30.3 Å². The molecule has 1 aliphatic rings. The summed E-state index contributed by atoms with van der Waals surface area (Å²) in [5.41, 5.74) is 2.43. The lowest BCUT2D eigenvalue weighted by molar-refractivity contribution is -0.136. The molecule has 2 aromatic rings. The smallest absolute Gasteiger partial charge is 0.233 e. The third kappa shape index (κ3) is 5.50. The van der Waals surface area contributed by atoms with Gasteiger partial charge in [-0.2, -0.15) is 0 Å². The maximum absolute atomic E-state index is 12.4. The van der Waals surface area contributed by atoms with E-state index >= 15 is 0 Å². The predicted molar refractivity (Wildman–Crippen MR) is 108 cm³/mol. The average Bonchev–Trinajstić information content (AvgIpc) is 2.69. The second-order valence-electron chi connectivity index (χ2n) is 7.00. The Morgan fingerprint density at radius 1 is 0.893 bits per heavy atom. The second kappa shape index (κ2) is 9.28. The number of carbonyl (C=O) groups is 3. The number of rotatable bonds is 6. The van der Waals surface area contributed by atoms with Gasteiger partial charge in [0.2, 0.25) is 11.8 Å². The quantitative estimate of drug-likeness (QED) is 0.619. The van der Waals surface area contributed by atoms with Crippen molar-refractivity contribution in [1.29, 1.82) is 0 Å². The van der Waals surface area contributed by atoms with Gasteiger partial charge in [0.05, 0.1) is 0 Å². The molecule has 1 saturated heterocycles. The molecule has 1 N–H and O–H groups in total. The third-order valence-electron chi connectivity index (χ3n) is 4.86. The van der Waals surface area contributed by atoms with Crippen molar-refractivity contribution in [2.24, 2.45) is 0 Å². The molecule has 0 saturated carbocycles. The summed E-state index contributed by atoms with van der Waals surface area (Å²) in [5, 5.41) is 2.71. The van der Waals surface area contributed by atoms with Gasteiger partial charge in [-0.3, -0.25) is 19.3 Å². The van der Waals surface area contributed by atoms with Crippen LogP contribution in [0, 0.1) is 0 Å². The van der Waals surface area contributed by atoms with E-state index in [9.17, 15) is 14.4 Å². The largest absolute Gasteiger partial charge is 0.340 e. The Morgan fingerprint density at radius 2 is 1.54 bits per heavy atom. The molecule has 0 aromatic heterocycles. The lowest BCUT2D eigenvalue weighted by Crippen LogP contribution is -2.48. The van der Waals surface area contributed by atoms with Crippen molar-refractivity contribution in [3.05, 3.63) is 65.7 Å². The number of hydrogen-bond acceptors (Lipinski definition) is 4. The molecule has 0 radical (unpaired) electrons. The van der Waals surface area contributed by atoms with Crippen LogP contribution in [0.1, 0.15) is 29.3 Å². The number of hydrogen-bond donors (Lipinski definition) is 1. The van der Waals surface area contributed by atoms with Crippen LogP contribution in [0.15, 0.2) is 54.6 Å². The van der Waals surface area contributed by atoms with Crippen LogP contribution in [0.4, 0.5) is 5.69 Å². The van der Waals surface area contributed by atoms with Crippen LogP contribution in [0.5, 0.6) is 0 Å². The van der Waals surface area contributed by atoms with E-state index in [0.717, 1.165) is 19.6 Å². The van der Waals surface area contributed by atoms with Gasteiger partial charge >= 0.3 is 0 Å². The van der Waals surface area contributed by atoms with E-state index in [-0.39, 0.29) is 24.0 Å². The van der Waals surface area contributed by atoms with Crippen LogP contribution < -0.4 is 5.32 Å². The zero-order chi connectivity index (χ0) is 19.9. The summed E-state index contributed by atoms with van der Waals surface area (Å²) < 4.78 is 0. The van der Waals surface area contributed by atoms with E-state index in [0.29, 0.717) is 24.3 Å². The number of carbonyl (C=O) groups excluding carboxylic acids is 3. The van der Waals surface area contributed by atoms with E-state index in [1.807, 2.05) is 18.2 Å². The first-order chi connectivity index (χ1) is 13.5. The molecule has 1 fully saturated rings. The Balaban J connectivity index is 1.43. The van der Waals surface area contributed by atoms with E-state index in [2.05, 4.69) is 22.3 Å². The Hall–Kier alpha value is -2.99. The van der Waals surface area contributed by atoms with E-state index < -0.39 is 0 Å². The Morgan fingerprint density at radius 3 is 2.14 bits per heavy atom. The number of piperazine rings is 1. The van der Waals surface area contributed by atoms with Crippen molar-refractivity contribution in [3.8, 4) is 0 Å². The maximum atomic E-state index is 12.4. The standard InChI is InChI=1S/C22H25N3O3/c1-17(26)19-7-9-20(10-8-19)23-21(27)15-22(28)25-13-11-24(12-14-25)16-18-5-3-2-4-6-18/h2-10H,11-16H2,1H3,(H,23,27). The highest BCUT2D eigenvalue weighted by Crippen LogP contribution is 2.12. The normalized spacial score (nSPS) is 14.5. The molecule has 6 nitrogen and oxygen atoms in total. The molecular weight excluding hydrogens is 354 g/mol. The van der Waals surface area contributed by atoms with E-state index in [1.165, 1.54) is 12.5 Å². The Labute approximate surface area is 165 Å². The van der Waals surface area contributed by atoms with Gasteiger partial charge in [-0.15, -0.1) is 0 Å². The van der Waals surface area contributed by atoms with E-state index in [1.54, 1.807) is 29.2 Å². The van der Waals surface area contributed by atoms with Gasteiger partial charge in [0.25, 0.3) is 0 Å². The first kappa shape index (κ1) is 19.8. The molecule has 0 atom stereocenters. The van der Waals surface area contributed by atoms with Gasteiger partial charge in [-0.05, 0) is 36.8 Å². The van der Waals surface area contributed by atoms with Crippen molar-refractivity contribution in [3.63, 3.8) is 0 Å². The molecular formula is C22H25N3O3. The highest BCUT2D eigenvalue weighted by atomic mass is 16.2. The van der Waals surface area contributed by atoms with Gasteiger partial charge in [0, 0.05) is 44.0 Å². The average molecular weight is 379 g/mol. The molecule has 1 heterocycles. The molecule has 146 valence electrons. The highest BCUT2D eigenvalue weighted by Gasteiger charge is 2.22. The number of ketones is 1. The number of nitrogens with one attached hydrogen (secondary N) is 1. The molecule has 28 heavy (non-hydrogen) atoms.